The Balaban J connectivity index is 1.63. The summed E-state index contributed by atoms with van der Waals surface area (Å²) >= 11 is 1.93. The molecule has 2 aliphatic rings. The van der Waals surface area contributed by atoms with Crippen LogP contribution in [-0.4, -0.2) is 41.3 Å². The maximum atomic E-state index is 2.55. The summed E-state index contributed by atoms with van der Waals surface area (Å²) < 4.78 is 0. The van der Waals surface area contributed by atoms with E-state index in [2.05, 4.69) is 105 Å². The van der Waals surface area contributed by atoms with E-state index in [4.69, 9.17) is 0 Å². The average Bonchev–Trinajstić information content (AvgIpc) is 2.82. The molecule has 4 heteroatoms. The van der Waals surface area contributed by atoms with Crippen molar-refractivity contribution in [3.05, 3.63) is 76.3 Å². The largest absolute Gasteiger partial charge is 0.377 e. The minimum Gasteiger partial charge on any atom is -0.377 e. The normalized spacial score (nSPS) is 15.6. The molecule has 0 bridgehead atoms. The van der Waals surface area contributed by atoms with Crippen LogP contribution in [0.15, 0.2) is 58.3 Å². The number of hydrogen-bond acceptors (Lipinski definition) is 4. The molecule has 3 nitrogen and oxygen atoms in total. The van der Waals surface area contributed by atoms with Gasteiger partial charge in [0, 0.05) is 74.1 Å². The van der Waals surface area contributed by atoms with Crippen LogP contribution in [-0.2, 0) is 0 Å². The lowest BCUT2D eigenvalue weighted by molar-refractivity contribution is 0.578. The lowest BCUT2D eigenvalue weighted by Gasteiger charge is -2.33. The van der Waals surface area contributed by atoms with Crippen LogP contribution in [0, 0.1) is 13.8 Å². The van der Waals surface area contributed by atoms with Gasteiger partial charge in [-0.15, -0.1) is 0 Å². The summed E-state index contributed by atoms with van der Waals surface area (Å²) in [7, 11) is 8.56. The van der Waals surface area contributed by atoms with Gasteiger partial charge in [-0.05, 0) is 85.2 Å². The molecule has 0 aromatic heterocycles. The van der Waals surface area contributed by atoms with Crippen LogP contribution in [0.1, 0.15) is 53.0 Å². The maximum Gasteiger partial charge on any atom is 0.0402 e. The van der Waals surface area contributed by atoms with E-state index in [1.807, 2.05) is 11.8 Å². The molecule has 0 atom stereocenters. The van der Waals surface area contributed by atoms with E-state index >= 15 is 0 Å². The number of aryl methyl sites for hydroxylation is 2. The molecule has 2 heterocycles. The zero-order valence-electron chi connectivity index (χ0n) is 21.5. The number of rotatable bonds is 4. The van der Waals surface area contributed by atoms with Gasteiger partial charge in [0.25, 0.3) is 0 Å². The third-order valence-electron chi connectivity index (χ3n) is 7.41. The summed E-state index contributed by atoms with van der Waals surface area (Å²) in [6, 6.07) is 19.1. The molecule has 178 valence electrons. The van der Waals surface area contributed by atoms with Gasteiger partial charge in [0.05, 0.1) is 0 Å². The quantitative estimate of drug-likeness (QED) is 0.315. The van der Waals surface area contributed by atoms with Gasteiger partial charge >= 0.3 is 0 Å². The fourth-order valence-electron chi connectivity index (χ4n) is 5.67. The van der Waals surface area contributed by atoms with Crippen molar-refractivity contribution in [2.75, 3.05) is 56.0 Å². The van der Waals surface area contributed by atoms with Crippen molar-refractivity contribution in [2.45, 2.75) is 48.8 Å². The third kappa shape index (κ3) is 4.17. The highest BCUT2D eigenvalue weighted by Crippen LogP contribution is 2.51. The number of fused-ring (bicyclic) bond motifs is 2. The summed E-state index contributed by atoms with van der Waals surface area (Å²) in [6.07, 6.45) is 3.98. The van der Waals surface area contributed by atoms with Crippen LogP contribution >= 0.6 is 11.8 Å². The molecule has 3 aromatic carbocycles. The summed E-state index contributed by atoms with van der Waals surface area (Å²) in [5, 5.41) is 0. The third-order valence-corrected chi connectivity index (χ3v) is 8.56. The van der Waals surface area contributed by atoms with Crippen LogP contribution in [0.4, 0.5) is 17.1 Å². The van der Waals surface area contributed by atoms with E-state index in [9.17, 15) is 0 Å². The predicted molar refractivity (Wildman–Crippen MR) is 149 cm³/mol. The topological polar surface area (TPSA) is 9.72 Å². The fraction of sp³-hybridized carbons (Fsp3) is 0.400. The summed E-state index contributed by atoms with van der Waals surface area (Å²) in [5.74, 6) is 0.256. The minimum atomic E-state index is 0.256. The molecule has 0 unspecified atom stereocenters. The molecule has 0 amide bonds. The van der Waals surface area contributed by atoms with Crippen LogP contribution in [0.2, 0.25) is 0 Å². The van der Waals surface area contributed by atoms with Crippen molar-refractivity contribution in [3.8, 4) is 0 Å². The molecule has 0 N–H and O–H groups in total. The molecule has 2 aliphatic heterocycles. The first-order valence-electron chi connectivity index (χ1n) is 12.5. The Morgan fingerprint density at radius 1 is 0.706 bits per heavy atom. The van der Waals surface area contributed by atoms with Crippen molar-refractivity contribution < 1.29 is 0 Å². The van der Waals surface area contributed by atoms with Gasteiger partial charge in [0.15, 0.2) is 0 Å². The van der Waals surface area contributed by atoms with Crippen molar-refractivity contribution in [2.24, 2.45) is 0 Å². The van der Waals surface area contributed by atoms with Gasteiger partial charge in [0.1, 0.15) is 0 Å². The molecule has 0 spiro atoms. The van der Waals surface area contributed by atoms with Gasteiger partial charge in [-0.2, -0.15) is 0 Å². The first-order valence-corrected chi connectivity index (χ1v) is 13.3. The Labute approximate surface area is 209 Å². The first-order chi connectivity index (χ1) is 16.3. The number of anilines is 3. The Kier molecular flexibility index (Phi) is 6.28. The predicted octanol–water partition coefficient (Wildman–Crippen LogP) is 7.07. The zero-order chi connectivity index (χ0) is 24.0. The smallest absolute Gasteiger partial charge is 0.0402 e. The summed E-state index contributed by atoms with van der Waals surface area (Å²) in [6.45, 7) is 6.85. The summed E-state index contributed by atoms with van der Waals surface area (Å²) in [5.41, 5.74) is 10.9. The highest BCUT2D eigenvalue weighted by molar-refractivity contribution is 7.99. The summed E-state index contributed by atoms with van der Waals surface area (Å²) in [4.78, 5) is 9.76. The van der Waals surface area contributed by atoms with Crippen molar-refractivity contribution >= 4 is 28.8 Å². The molecule has 0 aliphatic carbocycles. The highest BCUT2D eigenvalue weighted by atomic mass is 32.2. The highest BCUT2D eigenvalue weighted by Gasteiger charge is 2.30. The van der Waals surface area contributed by atoms with Crippen LogP contribution in [0.25, 0.3) is 0 Å². The minimum absolute atomic E-state index is 0.256. The van der Waals surface area contributed by atoms with Crippen LogP contribution < -0.4 is 14.7 Å². The van der Waals surface area contributed by atoms with E-state index in [1.54, 1.807) is 0 Å². The molecule has 34 heavy (non-hydrogen) atoms. The number of benzene rings is 3. The standard InChI is InChI=1S/C30H37N3S/c1-20-16-24-28(18-26(20)31(3)4)34-29-19-27(32(5)6)21(2)17-25(29)30(24)22-10-12-23(13-11-22)33-14-8-7-9-15-33/h10-13,16-19,30H,7-9,14-15H2,1-6H3. The number of hydrogen-bond donors (Lipinski definition) is 0. The Morgan fingerprint density at radius 2 is 1.21 bits per heavy atom. The Hall–Kier alpha value is -2.59. The Morgan fingerprint density at radius 3 is 1.68 bits per heavy atom. The second-order valence-electron chi connectivity index (χ2n) is 10.3. The molecule has 0 saturated carbocycles. The second kappa shape index (κ2) is 9.22. The van der Waals surface area contributed by atoms with Crippen LogP contribution in [0.5, 0.6) is 0 Å². The molecule has 1 fully saturated rings. The molecular formula is C30H37N3S. The Bertz CT molecular complexity index is 1130. The van der Waals surface area contributed by atoms with Crippen molar-refractivity contribution in [3.63, 3.8) is 0 Å². The van der Waals surface area contributed by atoms with Gasteiger partial charge in [0.2, 0.25) is 0 Å². The van der Waals surface area contributed by atoms with Crippen molar-refractivity contribution in [1.29, 1.82) is 0 Å². The SMILES string of the molecule is Cc1cc2c(cc1N(C)C)Sc1cc(N(C)C)c(C)cc1C2c1ccc(N2CCCCC2)cc1. The maximum absolute atomic E-state index is 2.55. The molecule has 5 rings (SSSR count). The van der Waals surface area contributed by atoms with Gasteiger partial charge in [-0.3, -0.25) is 0 Å². The van der Waals surface area contributed by atoms with E-state index in [-0.39, 0.29) is 5.92 Å². The zero-order valence-corrected chi connectivity index (χ0v) is 22.3. The average molecular weight is 472 g/mol. The second-order valence-corrected chi connectivity index (χ2v) is 11.4. The molecule has 1 saturated heterocycles. The van der Waals surface area contributed by atoms with Gasteiger partial charge in [-0.25, -0.2) is 0 Å². The van der Waals surface area contributed by atoms with Crippen molar-refractivity contribution in [1.82, 2.24) is 0 Å². The van der Waals surface area contributed by atoms with Crippen LogP contribution in [0.3, 0.4) is 0 Å². The lowest BCUT2D eigenvalue weighted by Crippen LogP contribution is -2.29. The first kappa shape index (κ1) is 23.2. The van der Waals surface area contributed by atoms with Gasteiger partial charge < -0.3 is 14.7 Å². The molecule has 0 radical (unpaired) electrons. The monoisotopic (exact) mass is 471 g/mol. The molecular weight excluding hydrogens is 434 g/mol. The molecule has 3 aromatic rings. The lowest BCUT2D eigenvalue weighted by atomic mass is 9.83. The van der Waals surface area contributed by atoms with E-state index in [0.717, 1.165) is 0 Å². The number of piperidine rings is 1. The van der Waals surface area contributed by atoms with E-state index < -0.39 is 0 Å². The van der Waals surface area contributed by atoms with Gasteiger partial charge in [-0.1, -0.05) is 36.0 Å². The number of nitrogens with zero attached hydrogens (tertiary/aromatic N) is 3. The van der Waals surface area contributed by atoms with E-state index in [0.29, 0.717) is 0 Å². The fourth-order valence-corrected chi connectivity index (χ4v) is 6.83. The van der Waals surface area contributed by atoms with E-state index in [1.165, 1.54) is 87.0 Å².